The Morgan fingerprint density at radius 2 is 2.14 bits per heavy atom. The van der Waals surface area contributed by atoms with Gasteiger partial charge in [-0.25, -0.2) is 4.79 Å². The van der Waals surface area contributed by atoms with Crippen LogP contribution in [0.3, 0.4) is 0 Å². The standard InChI is InChI=1S/C14H14ClN3O3/c15-10-6-9(7-16)2-3-11(10)18-13(21)17-8-14(12(19)20)4-1-5-14/h2-3,6H,1,4-5,8H2,(H,19,20)(H2,17,18,21). The number of rotatable bonds is 4. The van der Waals surface area contributed by atoms with Gasteiger partial charge in [0.1, 0.15) is 0 Å². The van der Waals surface area contributed by atoms with Crippen LogP contribution in [-0.2, 0) is 4.79 Å². The van der Waals surface area contributed by atoms with Gasteiger partial charge >= 0.3 is 12.0 Å². The number of carboxylic acid groups (broad SMARTS) is 1. The van der Waals surface area contributed by atoms with E-state index >= 15 is 0 Å². The van der Waals surface area contributed by atoms with Gasteiger partial charge in [0.2, 0.25) is 0 Å². The van der Waals surface area contributed by atoms with Crippen molar-refractivity contribution < 1.29 is 14.7 Å². The van der Waals surface area contributed by atoms with Gasteiger partial charge in [-0.2, -0.15) is 5.26 Å². The molecule has 0 radical (unpaired) electrons. The highest BCUT2D eigenvalue weighted by molar-refractivity contribution is 6.33. The maximum Gasteiger partial charge on any atom is 0.319 e. The van der Waals surface area contributed by atoms with Gasteiger partial charge in [0.25, 0.3) is 0 Å². The van der Waals surface area contributed by atoms with Gasteiger partial charge in [0.05, 0.1) is 27.8 Å². The number of nitrogens with one attached hydrogen (secondary N) is 2. The Balaban J connectivity index is 1.93. The van der Waals surface area contributed by atoms with Crippen molar-refractivity contribution in [2.45, 2.75) is 19.3 Å². The van der Waals surface area contributed by atoms with Crippen molar-refractivity contribution in [3.8, 4) is 6.07 Å². The molecule has 0 saturated heterocycles. The fraction of sp³-hybridized carbons (Fsp3) is 0.357. The summed E-state index contributed by atoms with van der Waals surface area (Å²) in [4.78, 5) is 23.0. The number of carboxylic acids is 1. The molecule has 1 aromatic rings. The third-order valence-electron chi connectivity index (χ3n) is 3.70. The number of carbonyl (C=O) groups excluding carboxylic acids is 1. The zero-order chi connectivity index (χ0) is 15.5. The number of urea groups is 1. The van der Waals surface area contributed by atoms with Gasteiger partial charge in [-0.1, -0.05) is 18.0 Å². The first kappa shape index (κ1) is 15.1. The molecule has 0 unspecified atom stereocenters. The minimum atomic E-state index is -0.884. The third-order valence-corrected chi connectivity index (χ3v) is 4.01. The maximum atomic E-state index is 11.8. The molecular formula is C14H14ClN3O3. The monoisotopic (exact) mass is 307 g/mol. The Hall–Kier alpha value is -2.26. The lowest BCUT2D eigenvalue weighted by molar-refractivity contribution is -0.153. The van der Waals surface area contributed by atoms with E-state index in [0.29, 0.717) is 24.1 Å². The molecule has 1 aliphatic carbocycles. The second kappa shape index (κ2) is 6.02. The Kier molecular flexibility index (Phi) is 4.34. The largest absolute Gasteiger partial charge is 0.481 e. The van der Waals surface area contributed by atoms with Gasteiger partial charge in [0.15, 0.2) is 0 Å². The van der Waals surface area contributed by atoms with Crippen molar-refractivity contribution in [2.24, 2.45) is 5.41 Å². The molecule has 1 fully saturated rings. The topological polar surface area (TPSA) is 102 Å². The van der Waals surface area contributed by atoms with E-state index in [1.807, 2.05) is 6.07 Å². The highest BCUT2D eigenvalue weighted by Crippen LogP contribution is 2.40. The van der Waals surface area contributed by atoms with Crippen LogP contribution in [-0.4, -0.2) is 23.7 Å². The molecule has 0 spiro atoms. The van der Waals surface area contributed by atoms with E-state index in [1.165, 1.54) is 18.2 Å². The highest BCUT2D eigenvalue weighted by atomic mass is 35.5. The summed E-state index contributed by atoms with van der Waals surface area (Å²) in [6.07, 6.45) is 2.00. The van der Waals surface area contributed by atoms with Crippen LogP contribution < -0.4 is 10.6 Å². The molecule has 1 aliphatic rings. The molecule has 21 heavy (non-hydrogen) atoms. The van der Waals surface area contributed by atoms with E-state index < -0.39 is 17.4 Å². The number of anilines is 1. The fourth-order valence-corrected chi connectivity index (χ4v) is 2.40. The van der Waals surface area contributed by atoms with Gasteiger partial charge in [0, 0.05) is 6.54 Å². The molecule has 0 aliphatic heterocycles. The number of amides is 2. The Labute approximate surface area is 126 Å². The van der Waals surface area contributed by atoms with Crippen LogP contribution in [0.2, 0.25) is 5.02 Å². The minimum absolute atomic E-state index is 0.0854. The first-order valence-electron chi connectivity index (χ1n) is 6.45. The molecule has 0 heterocycles. The fourth-order valence-electron chi connectivity index (χ4n) is 2.17. The number of nitriles is 1. The van der Waals surface area contributed by atoms with Crippen molar-refractivity contribution in [3.05, 3.63) is 28.8 Å². The smallest absolute Gasteiger partial charge is 0.319 e. The SMILES string of the molecule is N#Cc1ccc(NC(=O)NCC2(C(=O)O)CCC2)c(Cl)c1. The van der Waals surface area contributed by atoms with E-state index in [4.69, 9.17) is 22.0 Å². The summed E-state index contributed by atoms with van der Waals surface area (Å²) in [6.45, 7) is 0.0854. The first-order chi connectivity index (χ1) is 9.97. The summed E-state index contributed by atoms with van der Waals surface area (Å²) in [5.41, 5.74) is -0.0809. The molecule has 110 valence electrons. The van der Waals surface area contributed by atoms with E-state index in [-0.39, 0.29) is 11.6 Å². The lowest BCUT2D eigenvalue weighted by Gasteiger charge is -2.37. The summed E-state index contributed by atoms with van der Waals surface area (Å²) < 4.78 is 0. The summed E-state index contributed by atoms with van der Waals surface area (Å²) in [7, 11) is 0. The Morgan fingerprint density at radius 1 is 1.43 bits per heavy atom. The van der Waals surface area contributed by atoms with Crippen molar-refractivity contribution in [2.75, 3.05) is 11.9 Å². The molecule has 2 amide bonds. The van der Waals surface area contributed by atoms with Crippen molar-refractivity contribution in [3.63, 3.8) is 0 Å². The number of halogens is 1. The van der Waals surface area contributed by atoms with Crippen LogP contribution in [0.25, 0.3) is 0 Å². The van der Waals surface area contributed by atoms with Gasteiger partial charge in [-0.3, -0.25) is 4.79 Å². The molecule has 0 atom stereocenters. The normalized spacial score (nSPS) is 15.4. The van der Waals surface area contributed by atoms with E-state index in [0.717, 1.165) is 6.42 Å². The van der Waals surface area contributed by atoms with Crippen molar-refractivity contribution in [1.82, 2.24) is 5.32 Å². The number of nitrogens with zero attached hydrogens (tertiary/aromatic N) is 1. The van der Waals surface area contributed by atoms with Gasteiger partial charge in [-0.05, 0) is 31.0 Å². The highest BCUT2D eigenvalue weighted by Gasteiger charge is 2.44. The molecule has 2 rings (SSSR count). The number of carbonyl (C=O) groups is 2. The van der Waals surface area contributed by atoms with E-state index in [1.54, 1.807) is 0 Å². The van der Waals surface area contributed by atoms with Gasteiger partial charge in [-0.15, -0.1) is 0 Å². The second-order valence-electron chi connectivity index (χ2n) is 5.05. The average molecular weight is 308 g/mol. The Morgan fingerprint density at radius 3 is 2.62 bits per heavy atom. The van der Waals surface area contributed by atoms with E-state index in [2.05, 4.69) is 10.6 Å². The lowest BCUT2D eigenvalue weighted by Crippen LogP contribution is -2.48. The van der Waals surface area contributed by atoms with Crippen LogP contribution in [0, 0.1) is 16.7 Å². The number of hydrogen-bond donors (Lipinski definition) is 3. The molecule has 1 saturated carbocycles. The van der Waals surface area contributed by atoms with Crippen LogP contribution in [0.1, 0.15) is 24.8 Å². The second-order valence-corrected chi connectivity index (χ2v) is 5.46. The van der Waals surface area contributed by atoms with Gasteiger partial charge < -0.3 is 15.7 Å². The minimum Gasteiger partial charge on any atom is -0.481 e. The predicted octanol–water partition coefficient (Wildman–Crippen LogP) is 2.59. The van der Waals surface area contributed by atoms with Crippen molar-refractivity contribution >= 4 is 29.3 Å². The summed E-state index contributed by atoms with van der Waals surface area (Å²) in [6, 6.07) is 5.93. The molecule has 1 aromatic carbocycles. The lowest BCUT2D eigenvalue weighted by atomic mass is 9.69. The summed E-state index contributed by atoms with van der Waals surface area (Å²) >= 11 is 5.94. The van der Waals surface area contributed by atoms with Crippen molar-refractivity contribution in [1.29, 1.82) is 5.26 Å². The van der Waals surface area contributed by atoms with Crippen LogP contribution in [0.15, 0.2) is 18.2 Å². The zero-order valence-corrected chi connectivity index (χ0v) is 11.9. The summed E-state index contributed by atoms with van der Waals surface area (Å²) in [5.74, 6) is -0.884. The quantitative estimate of drug-likeness (QED) is 0.795. The number of benzene rings is 1. The molecule has 3 N–H and O–H groups in total. The third kappa shape index (κ3) is 3.26. The first-order valence-corrected chi connectivity index (χ1v) is 6.82. The zero-order valence-electron chi connectivity index (χ0n) is 11.1. The van der Waals surface area contributed by atoms with E-state index in [9.17, 15) is 9.59 Å². The predicted molar refractivity (Wildman–Crippen MR) is 77.1 cm³/mol. The Bertz CT molecular complexity index is 620. The number of hydrogen-bond acceptors (Lipinski definition) is 3. The number of aliphatic carboxylic acids is 1. The molecular weight excluding hydrogens is 294 g/mol. The van der Waals surface area contributed by atoms with Crippen LogP contribution in [0.5, 0.6) is 0 Å². The maximum absolute atomic E-state index is 11.8. The van der Waals surface area contributed by atoms with Crippen LogP contribution in [0.4, 0.5) is 10.5 Å². The molecule has 0 bridgehead atoms. The molecule has 7 heteroatoms. The molecule has 6 nitrogen and oxygen atoms in total. The summed E-state index contributed by atoms with van der Waals surface area (Å²) in [5, 5.41) is 23.2. The molecule has 0 aromatic heterocycles. The average Bonchev–Trinajstić information content (AvgIpc) is 2.39. The van der Waals surface area contributed by atoms with Crippen LogP contribution >= 0.6 is 11.6 Å².